The van der Waals surface area contributed by atoms with Gasteiger partial charge >= 0.3 is 5.69 Å². The van der Waals surface area contributed by atoms with Crippen molar-refractivity contribution in [2.24, 2.45) is 0 Å². The molecule has 8 nitrogen and oxygen atoms in total. The smallest absolute Gasteiger partial charge is 0.330 e. The van der Waals surface area contributed by atoms with E-state index in [0.29, 0.717) is 36.2 Å². The van der Waals surface area contributed by atoms with Crippen LogP contribution in [-0.2, 0) is 4.74 Å². The first-order chi connectivity index (χ1) is 16.4. The minimum atomic E-state index is -0.615. The van der Waals surface area contributed by atoms with Crippen molar-refractivity contribution < 1.29 is 14.2 Å². The molecule has 1 saturated carbocycles. The van der Waals surface area contributed by atoms with Gasteiger partial charge in [0.15, 0.2) is 0 Å². The van der Waals surface area contributed by atoms with Gasteiger partial charge in [-0.15, -0.1) is 0 Å². The third-order valence-electron chi connectivity index (χ3n) is 6.93. The maximum absolute atomic E-state index is 13.6. The zero-order chi connectivity index (χ0) is 23.7. The first-order valence-corrected chi connectivity index (χ1v) is 11.9. The topological polar surface area (TPSA) is 105 Å². The normalized spacial score (nSPS) is 23.7. The van der Waals surface area contributed by atoms with Crippen molar-refractivity contribution in [3.63, 3.8) is 0 Å². The lowest BCUT2D eigenvalue weighted by Crippen LogP contribution is -2.36. The molecule has 0 unspecified atom stereocenters. The van der Waals surface area contributed by atoms with E-state index >= 15 is 0 Å². The minimum absolute atomic E-state index is 0.130. The number of benzene rings is 1. The highest BCUT2D eigenvalue weighted by atomic mass is 19.1. The number of H-pyrrole nitrogens is 1. The standard InChI is InChI=1S/C25H30FN5O3/c1-25(33)11-6-18(7-12-25)28-23-27-13-8-20(29-23)22-21(16-9-14-34-15-10-16)30-24(32)31(22)19-4-2-17(26)3-5-19/h2-5,8,13,16,18,33H,6-7,9-12,14-15H2,1H3,(H,30,32)(H,27,28,29). The van der Waals surface area contributed by atoms with Gasteiger partial charge in [0.05, 0.1) is 22.7 Å². The highest BCUT2D eigenvalue weighted by Crippen LogP contribution is 2.34. The lowest BCUT2D eigenvalue weighted by molar-refractivity contribution is 0.0195. The third kappa shape index (κ3) is 4.76. The summed E-state index contributed by atoms with van der Waals surface area (Å²) >= 11 is 0. The van der Waals surface area contributed by atoms with E-state index in [1.807, 2.05) is 6.92 Å². The fourth-order valence-electron chi connectivity index (χ4n) is 4.95. The largest absolute Gasteiger partial charge is 0.390 e. The van der Waals surface area contributed by atoms with Crippen LogP contribution in [0.3, 0.4) is 0 Å². The summed E-state index contributed by atoms with van der Waals surface area (Å²) in [5.74, 6) is 0.255. The molecular weight excluding hydrogens is 437 g/mol. The van der Waals surface area contributed by atoms with Crippen LogP contribution in [0.2, 0.25) is 0 Å². The summed E-state index contributed by atoms with van der Waals surface area (Å²) in [6, 6.07) is 7.85. The number of hydrogen-bond donors (Lipinski definition) is 3. The number of hydrogen-bond acceptors (Lipinski definition) is 6. The molecule has 0 amide bonds. The van der Waals surface area contributed by atoms with Crippen LogP contribution in [0.25, 0.3) is 17.1 Å². The van der Waals surface area contributed by atoms with Gasteiger partial charge < -0.3 is 20.1 Å². The zero-order valence-corrected chi connectivity index (χ0v) is 19.3. The van der Waals surface area contributed by atoms with Crippen molar-refractivity contribution in [3.8, 4) is 17.1 Å². The number of ether oxygens (including phenoxy) is 1. The summed E-state index contributed by atoms with van der Waals surface area (Å²) < 4.78 is 20.7. The number of aromatic amines is 1. The van der Waals surface area contributed by atoms with Gasteiger partial charge in [0, 0.05) is 37.1 Å². The van der Waals surface area contributed by atoms with Crippen molar-refractivity contribution in [1.82, 2.24) is 19.5 Å². The summed E-state index contributed by atoms with van der Waals surface area (Å²) in [6.07, 6.45) is 6.39. The van der Waals surface area contributed by atoms with Crippen molar-refractivity contribution in [1.29, 1.82) is 0 Å². The number of nitrogens with zero attached hydrogens (tertiary/aromatic N) is 3. The lowest BCUT2D eigenvalue weighted by Gasteiger charge is -2.33. The van der Waals surface area contributed by atoms with Gasteiger partial charge in [-0.2, -0.15) is 0 Å². The number of nitrogens with one attached hydrogen (secondary N) is 2. The van der Waals surface area contributed by atoms with Crippen LogP contribution >= 0.6 is 0 Å². The molecule has 0 spiro atoms. The first-order valence-electron chi connectivity index (χ1n) is 11.9. The van der Waals surface area contributed by atoms with E-state index in [0.717, 1.165) is 44.2 Å². The molecule has 1 aromatic carbocycles. The van der Waals surface area contributed by atoms with Crippen LogP contribution in [0.5, 0.6) is 0 Å². The predicted octanol–water partition coefficient (Wildman–Crippen LogP) is 3.76. The predicted molar refractivity (Wildman–Crippen MR) is 127 cm³/mol. The average Bonchev–Trinajstić information content (AvgIpc) is 3.19. The van der Waals surface area contributed by atoms with Crippen LogP contribution in [0.1, 0.15) is 57.1 Å². The molecule has 2 fully saturated rings. The Bertz CT molecular complexity index is 1190. The monoisotopic (exact) mass is 467 g/mol. The Balaban J connectivity index is 1.53. The molecule has 3 aromatic rings. The summed E-state index contributed by atoms with van der Waals surface area (Å²) in [5, 5.41) is 13.6. The average molecular weight is 468 g/mol. The Kier molecular flexibility index (Phi) is 6.22. The van der Waals surface area contributed by atoms with E-state index in [4.69, 9.17) is 9.72 Å². The van der Waals surface area contributed by atoms with E-state index in [1.165, 1.54) is 12.1 Å². The molecule has 1 aliphatic carbocycles. The van der Waals surface area contributed by atoms with Gasteiger partial charge in [0.25, 0.3) is 0 Å². The van der Waals surface area contributed by atoms with Gasteiger partial charge in [-0.1, -0.05) is 0 Å². The van der Waals surface area contributed by atoms with E-state index in [9.17, 15) is 14.3 Å². The molecule has 1 saturated heterocycles. The van der Waals surface area contributed by atoms with Crippen molar-refractivity contribution in [3.05, 3.63) is 58.5 Å². The Labute approximate surface area is 197 Å². The molecule has 180 valence electrons. The number of imidazole rings is 1. The fraction of sp³-hybridized carbons (Fsp3) is 0.480. The molecule has 5 rings (SSSR count). The second-order valence-electron chi connectivity index (χ2n) is 9.57. The van der Waals surface area contributed by atoms with E-state index in [2.05, 4.69) is 15.3 Å². The molecule has 3 N–H and O–H groups in total. The van der Waals surface area contributed by atoms with Crippen LogP contribution in [-0.4, -0.2) is 49.5 Å². The quantitative estimate of drug-likeness (QED) is 0.528. The Morgan fingerprint density at radius 2 is 1.85 bits per heavy atom. The first kappa shape index (κ1) is 22.7. The van der Waals surface area contributed by atoms with E-state index in [1.54, 1.807) is 29.0 Å². The Morgan fingerprint density at radius 1 is 1.15 bits per heavy atom. The molecule has 0 bridgehead atoms. The number of halogens is 1. The van der Waals surface area contributed by atoms with Crippen LogP contribution in [0.15, 0.2) is 41.3 Å². The van der Waals surface area contributed by atoms with Gasteiger partial charge in [-0.25, -0.2) is 19.2 Å². The number of aromatic nitrogens is 4. The molecule has 2 aromatic heterocycles. The molecule has 3 heterocycles. The van der Waals surface area contributed by atoms with Gasteiger partial charge in [-0.05, 0) is 75.8 Å². The molecule has 2 aliphatic rings. The van der Waals surface area contributed by atoms with Crippen LogP contribution in [0.4, 0.5) is 10.3 Å². The number of anilines is 1. The van der Waals surface area contributed by atoms with E-state index in [-0.39, 0.29) is 23.5 Å². The summed E-state index contributed by atoms with van der Waals surface area (Å²) in [6.45, 7) is 3.14. The van der Waals surface area contributed by atoms with Gasteiger partial charge in [0.1, 0.15) is 5.82 Å². The third-order valence-corrected chi connectivity index (χ3v) is 6.93. The summed E-state index contributed by atoms with van der Waals surface area (Å²) in [7, 11) is 0. The van der Waals surface area contributed by atoms with E-state index < -0.39 is 5.60 Å². The van der Waals surface area contributed by atoms with Crippen LogP contribution < -0.4 is 11.0 Å². The highest BCUT2D eigenvalue weighted by Gasteiger charge is 2.30. The zero-order valence-electron chi connectivity index (χ0n) is 19.3. The minimum Gasteiger partial charge on any atom is -0.390 e. The summed E-state index contributed by atoms with van der Waals surface area (Å²) in [4.78, 5) is 25.4. The second-order valence-corrected chi connectivity index (χ2v) is 9.57. The summed E-state index contributed by atoms with van der Waals surface area (Å²) in [5.41, 5.74) is 1.76. The van der Waals surface area contributed by atoms with Crippen molar-refractivity contribution >= 4 is 5.95 Å². The Hall–Kier alpha value is -3.04. The molecule has 0 atom stereocenters. The van der Waals surface area contributed by atoms with Crippen molar-refractivity contribution in [2.45, 2.75) is 63.0 Å². The van der Waals surface area contributed by atoms with Crippen molar-refractivity contribution in [2.75, 3.05) is 18.5 Å². The number of rotatable bonds is 5. The molecule has 34 heavy (non-hydrogen) atoms. The maximum atomic E-state index is 13.6. The fourth-order valence-corrected chi connectivity index (χ4v) is 4.95. The van der Waals surface area contributed by atoms with Gasteiger partial charge in [0.2, 0.25) is 5.95 Å². The Morgan fingerprint density at radius 3 is 2.56 bits per heavy atom. The molecule has 1 aliphatic heterocycles. The maximum Gasteiger partial charge on any atom is 0.330 e. The molecular formula is C25H30FN5O3. The van der Waals surface area contributed by atoms with Crippen LogP contribution in [0, 0.1) is 5.82 Å². The lowest BCUT2D eigenvalue weighted by atomic mass is 9.84. The second kappa shape index (κ2) is 9.31. The molecule has 0 radical (unpaired) electrons. The molecule has 9 heteroatoms. The number of aliphatic hydroxyl groups is 1. The SMILES string of the molecule is CC1(O)CCC(Nc2nccc(-c3c(C4CCOCC4)[nH]c(=O)n3-c3ccc(F)cc3)n2)CC1. The van der Waals surface area contributed by atoms with Gasteiger partial charge in [-0.3, -0.25) is 4.57 Å². The highest BCUT2D eigenvalue weighted by molar-refractivity contribution is 5.63.